The largest absolute Gasteiger partial charge is 0.497 e. The number of esters is 1. The minimum Gasteiger partial charge on any atom is -0.497 e. The van der Waals surface area contributed by atoms with Crippen molar-refractivity contribution in [1.82, 2.24) is 0 Å². The Labute approximate surface area is 158 Å². The summed E-state index contributed by atoms with van der Waals surface area (Å²) in [4.78, 5) is 13.0. The molecule has 3 atom stereocenters. The molecule has 0 radical (unpaired) electrons. The molecule has 138 valence electrons. The summed E-state index contributed by atoms with van der Waals surface area (Å²) in [5, 5.41) is 19.8. The lowest BCUT2D eigenvalue weighted by Gasteiger charge is -2.42. The molecular formula is C21H21N3O3. The van der Waals surface area contributed by atoms with Crippen molar-refractivity contribution >= 4 is 5.97 Å². The minimum atomic E-state index is -1.73. The Balaban J connectivity index is 2.28. The third-order valence-electron chi connectivity index (χ3n) is 5.45. The maximum Gasteiger partial charge on any atom is 0.333 e. The SMILES string of the molecule is CCOC(=O)C1(C#N)C(N)=C(C#N)C2=CCCC2C1c1ccc(OC)cc1. The number of allylic oxidation sites excluding steroid dienone is 3. The fourth-order valence-electron chi connectivity index (χ4n) is 4.26. The Bertz CT molecular complexity index is 902. The van der Waals surface area contributed by atoms with Crippen LogP contribution in [0.25, 0.3) is 0 Å². The molecule has 0 saturated carbocycles. The van der Waals surface area contributed by atoms with Crippen LogP contribution in [0.15, 0.2) is 47.2 Å². The number of hydrogen-bond donors (Lipinski definition) is 1. The summed E-state index contributed by atoms with van der Waals surface area (Å²) in [7, 11) is 1.57. The van der Waals surface area contributed by atoms with Crippen molar-refractivity contribution in [2.75, 3.05) is 13.7 Å². The highest BCUT2D eigenvalue weighted by Crippen LogP contribution is 2.57. The van der Waals surface area contributed by atoms with Gasteiger partial charge >= 0.3 is 5.97 Å². The minimum absolute atomic E-state index is 0.0174. The zero-order valence-electron chi connectivity index (χ0n) is 15.4. The van der Waals surface area contributed by atoms with Crippen LogP contribution in [0.5, 0.6) is 5.75 Å². The van der Waals surface area contributed by atoms with Crippen LogP contribution in [0.2, 0.25) is 0 Å². The molecule has 2 aliphatic rings. The van der Waals surface area contributed by atoms with Crippen molar-refractivity contribution in [1.29, 1.82) is 10.5 Å². The number of benzene rings is 1. The number of carbonyl (C=O) groups is 1. The molecule has 3 rings (SSSR count). The Morgan fingerprint density at radius 2 is 2.04 bits per heavy atom. The number of hydrogen-bond acceptors (Lipinski definition) is 6. The number of fused-ring (bicyclic) bond motifs is 1. The Hall–Kier alpha value is -3.25. The van der Waals surface area contributed by atoms with E-state index < -0.39 is 17.3 Å². The summed E-state index contributed by atoms with van der Waals surface area (Å²) in [6.45, 7) is 1.81. The second kappa shape index (κ2) is 7.17. The van der Waals surface area contributed by atoms with Crippen molar-refractivity contribution < 1.29 is 14.3 Å². The van der Waals surface area contributed by atoms with Crippen molar-refractivity contribution in [2.45, 2.75) is 25.7 Å². The van der Waals surface area contributed by atoms with Gasteiger partial charge in [0.1, 0.15) is 11.8 Å². The highest BCUT2D eigenvalue weighted by molar-refractivity contribution is 5.87. The molecule has 0 bridgehead atoms. The Kier molecular flexibility index (Phi) is 4.92. The van der Waals surface area contributed by atoms with Crippen LogP contribution in [0.3, 0.4) is 0 Å². The number of methoxy groups -OCH3 is 1. The quantitative estimate of drug-likeness (QED) is 0.824. The number of ether oxygens (including phenoxy) is 2. The third-order valence-corrected chi connectivity index (χ3v) is 5.45. The zero-order valence-corrected chi connectivity index (χ0v) is 15.4. The van der Waals surface area contributed by atoms with E-state index in [9.17, 15) is 15.3 Å². The molecule has 3 unspecified atom stereocenters. The first-order valence-electron chi connectivity index (χ1n) is 8.88. The summed E-state index contributed by atoms with van der Waals surface area (Å²) in [5.41, 5.74) is 6.42. The van der Waals surface area contributed by atoms with Gasteiger partial charge in [0.25, 0.3) is 0 Å². The van der Waals surface area contributed by atoms with Crippen molar-refractivity contribution in [3.63, 3.8) is 0 Å². The number of rotatable bonds is 4. The molecule has 0 aromatic heterocycles. The van der Waals surface area contributed by atoms with Crippen molar-refractivity contribution in [3.8, 4) is 17.9 Å². The third kappa shape index (κ3) is 2.65. The second-order valence-electron chi connectivity index (χ2n) is 6.63. The van der Waals surface area contributed by atoms with Gasteiger partial charge in [0, 0.05) is 5.92 Å². The molecule has 1 aromatic carbocycles. The van der Waals surface area contributed by atoms with Gasteiger partial charge < -0.3 is 15.2 Å². The Morgan fingerprint density at radius 3 is 2.59 bits per heavy atom. The fourth-order valence-corrected chi connectivity index (χ4v) is 4.26. The highest BCUT2D eigenvalue weighted by atomic mass is 16.5. The van der Waals surface area contributed by atoms with E-state index in [4.69, 9.17) is 15.2 Å². The van der Waals surface area contributed by atoms with Gasteiger partial charge in [0.2, 0.25) is 5.41 Å². The average molecular weight is 363 g/mol. The zero-order chi connectivity index (χ0) is 19.6. The Morgan fingerprint density at radius 1 is 1.33 bits per heavy atom. The van der Waals surface area contributed by atoms with Crippen LogP contribution < -0.4 is 10.5 Å². The molecule has 0 amide bonds. The van der Waals surface area contributed by atoms with E-state index in [1.165, 1.54) is 0 Å². The second-order valence-corrected chi connectivity index (χ2v) is 6.63. The van der Waals surface area contributed by atoms with E-state index in [2.05, 4.69) is 12.1 Å². The van der Waals surface area contributed by atoms with Crippen LogP contribution in [-0.2, 0) is 9.53 Å². The molecule has 6 nitrogen and oxygen atoms in total. The van der Waals surface area contributed by atoms with Crippen LogP contribution in [-0.4, -0.2) is 19.7 Å². The molecular weight excluding hydrogens is 342 g/mol. The smallest absolute Gasteiger partial charge is 0.333 e. The van der Waals surface area contributed by atoms with Gasteiger partial charge in [-0.2, -0.15) is 10.5 Å². The fraction of sp³-hybridized carbons (Fsp3) is 0.381. The number of carbonyl (C=O) groups excluding carboxylic acids is 1. The predicted octanol–water partition coefficient (Wildman–Crippen LogP) is 2.94. The lowest BCUT2D eigenvalue weighted by atomic mass is 9.58. The molecule has 0 saturated heterocycles. The molecule has 6 heteroatoms. The van der Waals surface area contributed by atoms with Gasteiger partial charge in [-0.1, -0.05) is 18.2 Å². The number of nitrogens with zero attached hydrogens (tertiary/aromatic N) is 2. The molecule has 0 aliphatic heterocycles. The maximum absolute atomic E-state index is 13.0. The van der Waals surface area contributed by atoms with E-state index in [1.807, 2.05) is 18.2 Å². The van der Waals surface area contributed by atoms with Crippen LogP contribution in [0, 0.1) is 34.0 Å². The summed E-state index contributed by atoms with van der Waals surface area (Å²) < 4.78 is 10.5. The van der Waals surface area contributed by atoms with Crippen molar-refractivity contribution in [2.24, 2.45) is 17.1 Å². The summed E-state index contributed by atoms with van der Waals surface area (Å²) in [5.74, 6) is -0.705. The van der Waals surface area contributed by atoms with Gasteiger partial charge in [-0.15, -0.1) is 0 Å². The maximum atomic E-state index is 13.0. The predicted molar refractivity (Wildman–Crippen MR) is 98.0 cm³/mol. The molecule has 1 aromatic rings. The van der Waals surface area contributed by atoms with Crippen LogP contribution in [0.1, 0.15) is 31.2 Å². The first-order chi connectivity index (χ1) is 13.0. The molecule has 2 aliphatic carbocycles. The van der Waals surface area contributed by atoms with E-state index >= 15 is 0 Å². The topological polar surface area (TPSA) is 109 Å². The van der Waals surface area contributed by atoms with Gasteiger partial charge in [0.15, 0.2) is 0 Å². The van der Waals surface area contributed by atoms with Gasteiger partial charge in [-0.3, -0.25) is 0 Å². The van der Waals surface area contributed by atoms with E-state index in [-0.39, 0.29) is 23.8 Å². The lowest BCUT2D eigenvalue weighted by Crippen LogP contribution is -2.48. The lowest BCUT2D eigenvalue weighted by molar-refractivity contribution is -0.152. The number of nitriles is 2. The van der Waals surface area contributed by atoms with Crippen LogP contribution in [0.4, 0.5) is 0 Å². The normalized spacial score (nSPS) is 26.4. The van der Waals surface area contributed by atoms with Crippen LogP contribution >= 0.6 is 0 Å². The summed E-state index contributed by atoms with van der Waals surface area (Å²) >= 11 is 0. The number of nitrogens with two attached hydrogens (primary N) is 1. The molecule has 0 spiro atoms. The summed E-state index contributed by atoms with van der Waals surface area (Å²) in [6, 6.07) is 11.5. The van der Waals surface area contributed by atoms with E-state index in [0.29, 0.717) is 5.75 Å². The van der Waals surface area contributed by atoms with E-state index in [1.54, 1.807) is 26.2 Å². The highest BCUT2D eigenvalue weighted by Gasteiger charge is 2.59. The van der Waals surface area contributed by atoms with Gasteiger partial charge in [-0.25, -0.2) is 4.79 Å². The first-order valence-corrected chi connectivity index (χ1v) is 8.88. The molecule has 0 fully saturated rings. The van der Waals surface area contributed by atoms with Gasteiger partial charge in [0.05, 0.1) is 31.1 Å². The first kappa shape index (κ1) is 18.5. The molecule has 0 heterocycles. The van der Waals surface area contributed by atoms with Gasteiger partial charge in [-0.05, 0) is 49.0 Å². The van der Waals surface area contributed by atoms with E-state index in [0.717, 1.165) is 24.0 Å². The molecule has 27 heavy (non-hydrogen) atoms. The monoisotopic (exact) mass is 363 g/mol. The van der Waals surface area contributed by atoms with Crippen molar-refractivity contribution in [3.05, 3.63) is 52.7 Å². The standard InChI is InChI=1S/C21H21N3O3/c1-3-27-20(25)21(12-23)18(13-7-9-14(26-2)10-8-13)16-6-4-5-15(16)17(11-22)19(21)24/h5,7-10,16,18H,3-4,6,24H2,1-2H3. The summed E-state index contributed by atoms with van der Waals surface area (Å²) in [6.07, 6.45) is 3.50. The average Bonchev–Trinajstić information content (AvgIpc) is 3.16. The molecule has 2 N–H and O–H groups in total.